The standard InChI is InChI=1S/C13H17FN2O/c1-10(9-17-3)16(2)8-12-4-11(7-15)5-13(14)6-12/h4-6,10H,8-9H2,1-3H3. The highest BCUT2D eigenvalue weighted by Gasteiger charge is 2.10. The van der Waals surface area contributed by atoms with Gasteiger partial charge in [0.25, 0.3) is 0 Å². The number of rotatable bonds is 5. The fourth-order valence-corrected chi connectivity index (χ4v) is 1.62. The van der Waals surface area contributed by atoms with Gasteiger partial charge in [-0.3, -0.25) is 4.90 Å². The molecule has 0 heterocycles. The van der Waals surface area contributed by atoms with E-state index in [4.69, 9.17) is 10.00 Å². The van der Waals surface area contributed by atoms with Gasteiger partial charge in [-0.1, -0.05) is 0 Å². The number of hydrogen-bond acceptors (Lipinski definition) is 3. The van der Waals surface area contributed by atoms with E-state index < -0.39 is 0 Å². The predicted molar refractivity (Wildman–Crippen MR) is 63.9 cm³/mol. The lowest BCUT2D eigenvalue weighted by Gasteiger charge is -2.24. The highest BCUT2D eigenvalue weighted by Crippen LogP contribution is 2.11. The Morgan fingerprint density at radius 3 is 2.76 bits per heavy atom. The molecule has 1 unspecified atom stereocenters. The molecule has 1 aromatic carbocycles. The first-order valence-corrected chi connectivity index (χ1v) is 5.45. The molecule has 0 aromatic heterocycles. The molecule has 1 aromatic rings. The normalized spacial score (nSPS) is 12.5. The summed E-state index contributed by atoms with van der Waals surface area (Å²) in [6.45, 7) is 3.25. The van der Waals surface area contributed by atoms with Crippen LogP contribution in [0.15, 0.2) is 18.2 Å². The Labute approximate surface area is 101 Å². The Balaban J connectivity index is 2.74. The quantitative estimate of drug-likeness (QED) is 0.786. The fraction of sp³-hybridized carbons (Fsp3) is 0.462. The SMILES string of the molecule is COCC(C)N(C)Cc1cc(F)cc(C#N)c1. The Morgan fingerprint density at radius 1 is 1.47 bits per heavy atom. The van der Waals surface area contributed by atoms with E-state index in [0.717, 1.165) is 5.56 Å². The summed E-state index contributed by atoms with van der Waals surface area (Å²) >= 11 is 0. The van der Waals surface area contributed by atoms with Gasteiger partial charge < -0.3 is 4.74 Å². The molecule has 0 amide bonds. The minimum Gasteiger partial charge on any atom is -0.383 e. The number of likely N-dealkylation sites (N-methyl/N-ethyl adjacent to an activating group) is 1. The van der Waals surface area contributed by atoms with Crippen LogP contribution in [0.4, 0.5) is 4.39 Å². The summed E-state index contributed by atoms with van der Waals surface area (Å²) in [6.07, 6.45) is 0. The molecule has 0 saturated carbocycles. The molecule has 0 bridgehead atoms. The van der Waals surface area contributed by atoms with Gasteiger partial charge in [-0.05, 0) is 37.7 Å². The molecule has 0 saturated heterocycles. The summed E-state index contributed by atoms with van der Waals surface area (Å²) in [5, 5.41) is 8.76. The molecule has 0 N–H and O–H groups in total. The van der Waals surface area contributed by atoms with Gasteiger partial charge in [0.15, 0.2) is 0 Å². The maximum absolute atomic E-state index is 13.2. The first kappa shape index (κ1) is 13.6. The second-order valence-corrected chi connectivity index (χ2v) is 4.18. The number of ether oxygens (including phenoxy) is 1. The zero-order valence-corrected chi connectivity index (χ0v) is 10.4. The van der Waals surface area contributed by atoms with Crippen molar-refractivity contribution in [3.05, 3.63) is 35.1 Å². The molecule has 0 fully saturated rings. The third-order valence-electron chi connectivity index (χ3n) is 2.68. The molecule has 3 nitrogen and oxygen atoms in total. The molecule has 92 valence electrons. The third-order valence-corrected chi connectivity index (χ3v) is 2.68. The van der Waals surface area contributed by atoms with Gasteiger partial charge in [0.05, 0.1) is 18.2 Å². The minimum absolute atomic E-state index is 0.244. The zero-order chi connectivity index (χ0) is 12.8. The Kier molecular flexibility index (Phi) is 5.08. The molecule has 0 aliphatic carbocycles. The van der Waals surface area contributed by atoms with E-state index in [1.165, 1.54) is 12.1 Å². The fourth-order valence-electron chi connectivity index (χ4n) is 1.62. The van der Waals surface area contributed by atoms with Gasteiger partial charge >= 0.3 is 0 Å². The number of nitriles is 1. The summed E-state index contributed by atoms with van der Waals surface area (Å²) in [6, 6.07) is 6.60. The maximum Gasteiger partial charge on any atom is 0.124 e. The lowest BCUT2D eigenvalue weighted by Crippen LogP contribution is -2.32. The smallest absolute Gasteiger partial charge is 0.124 e. The second kappa shape index (κ2) is 6.33. The number of methoxy groups -OCH3 is 1. The maximum atomic E-state index is 13.2. The molecule has 1 rings (SSSR count). The van der Waals surface area contributed by atoms with Crippen molar-refractivity contribution >= 4 is 0 Å². The van der Waals surface area contributed by atoms with Crippen molar-refractivity contribution in [3.63, 3.8) is 0 Å². The van der Waals surface area contributed by atoms with Crippen LogP contribution in [0.3, 0.4) is 0 Å². The van der Waals surface area contributed by atoms with Gasteiger partial charge in [-0.25, -0.2) is 4.39 Å². The van der Waals surface area contributed by atoms with E-state index in [2.05, 4.69) is 4.90 Å². The molecule has 1 atom stereocenters. The lowest BCUT2D eigenvalue weighted by atomic mass is 10.1. The van der Waals surface area contributed by atoms with Gasteiger partial charge in [0, 0.05) is 19.7 Å². The van der Waals surface area contributed by atoms with Crippen LogP contribution in [0, 0.1) is 17.1 Å². The minimum atomic E-state index is -0.369. The molecule has 0 spiro atoms. The van der Waals surface area contributed by atoms with Gasteiger partial charge in [0.1, 0.15) is 5.82 Å². The van der Waals surface area contributed by atoms with Crippen molar-refractivity contribution < 1.29 is 9.13 Å². The summed E-state index contributed by atoms with van der Waals surface area (Å²) in [5.74, 6) is -0.369. The number of hydrogen-bond donors (Lipinski definition) is 0. The number of nitrogens with zero attached hydrogens (tertiary/aromatic N) is 2. The van der Waals surface area contributed by atoms with Crippen LogP contribution in [0.2, 0.25) is 0 Å². The van der Waals surface area contributed by atoms with E-state index in [1.807, 2.05) is 20.0 Å². The number of benzene rings is 1. The molecule has 0 aliphatic heterocycles. The molecular formula is C13H17FN2O. The van der Waals surface area contributed by atoms with Crippen LogP contribution < -0.4 is 0 Å². The zero-order valence-electron chi connectivity index (χ0n) is 10.4. The second-order valence-electron chi connectivity index (χ2n) is 4.18. The van der Waals surface area contributed by atoms with Crippen LogP contribution in [-0.2, 0) is 11.3 Å². The van der Waals surface area contributed by atoms with Crippen molar-refractivity contribution in [3.8, 4) is 6.07 Å². The van der Waals surface area contributed by atoms with E-state index in [-0.39, 0.29) is 11.9 Å². The van der Waals surface area contributed by atoms with Gasteiger partial charge in [0.2, 0.25) is 0 Å². The molecular weight excluding hydrogens is 219 g/mol. The molecule has 0 aliphatic rings. The Hall–Kier alpha value is -1.44. The van der Waals surface area contributed by atoms with Gasteiger partial charge in [-0.15, -0.1) is 0 Å². The highest BCUT2D eigenvalue weighted by molar-refractivity contribution is 5.33. The average Bonchev–Trinajstić information content (AvgIpc) is 2.28. The van der Waals surface area contributed by atoms with Crippen LogP contribution >= 0.6 is 0 Å². The monoisotopic (exact) mass is 236 g/mol. The van der Waals surface area contributed by atoms with E-state index in [9.17, 15) is 4.39 Å². The van der Waals surface area contributed by atoms with Crippen molar-refractivity contribution in [2.24, 2.45) is 0 Å². The van der Waals surface area contributed by atoms with Crippen molar-refractivity contribution in [1.82, 2.24) is 4.90 Å². The number of halogens is 1. The Morgan fingerprint density at radius 2 is 2.18 bits per heavy atom. The van der Waals surface area contributed by atoms with Crippen LogP contribution in [-0.4, -0.2) is 31.7 Å². The lowest BCUT2D eigenvalue weighted by molar-refractivity contribution is 0.112. The highest BCUT2D eigenvalue weighted by atomic mass is 19.1. The van der Waals surface area contributed by atoms with Crippen molar-refractivity contribution in [1.29, 1.82) is 5.26 Å². The molecule has 0 radical (unpaired) electrons. The largest absolute Gasteiger partial charge is 0.383 e. The molecule has 17 heavy (non-hydrogen) atoms. The van der Waals surface area contributed by atoms with Gasteiger partial charge in [-0.2, -0.15) is 5.26 Å². The van der Waals surface area contributed by atoms with Crippen LogP contribution in [0.25, 0.3) is 0 Å². The van der Waals surface area contributed by atoms with E-state index in [0.29, 0.717) is 18.7 Å². The summed E-state index contributed by atoms with van der Waals surface area (Å²) in [4.78, 5) is 2.05. The summed E-state index contributed by atoms with van der Waals surface area (Å²) in [5.41, 5.74) is 1.15. The van der Waals surface area contributed by atoms with E-state index in [1.54, 1.807) is 13.2 Å². The van der Waals surface area contributed by atoms with Crippen LogP contribution in [0.1, 0.15) is 18.1 Å². The third kappa shape index (κ3) is 4.14. The Bertz CT molecular complexity index is 414. The average molecular weight is 236 g/mol. The summed E-state index contributed by atoms with van der Waals surface area (Å²) < 4.78 is 18.3. The summed E-state index contributed by atoms with van der Waals surface area (Å²) in [7, 11) is 3.60. The van der Waals surface area contributed by atoms with Crippen molar-refractivity contribution in [2.75, 3.05) is 20.8 Å². The van der Waals surface area contributed by atoms with Crippen molar-refractivity contribution in [2.45, 2.75) is 19.5 Å². The topological polar surface area (TPSA) is 36.3 Å². The molecule has 4 heteroatoms. The van der Waals surface area contributed by atoms with Crippen LogP contribution in [0.5, 0.6) is 0 Å². The predicted octanol–water partition coefficient (Wildman–Crippen LogP) is 2.16. The first-order valence-electron chi connectivity index (χ1n) is 5.45. The first-order chi connectivity index (χ1) is 8.06. The van der Waals surface area contributed by atoms with E-state index >= 15 is 0 Å².